The number of aromatic nitrogens is 2. The first kappa shape index (κ1) is 13.2. The Kier molecular flexibility index (Phi) is 3.22. The monoisotopic (exact) mass is 292 g/mol. The fourth-order valence-corrected chi connectivity index (χ4v) is 3.20. The van der Waals surface area contributed by atoms with Crippen molar-refractivity contribution in [2.75, 3.05) is 36.0 Å². The van der Waals surface area contributed by atoms with Crippen molar-refractivity contribution in [3.05, 3.63) is 54.4 Å². The molecule has 1 aliphatic rings. The molecule has 4 rings (SSSR count). The van der Waals surface area contributed by atoms with Gasteiger partial charge in [0, 0.05) is 55.7 Å². The summed E-state index contributed by atoms with van der Waals surface area (Å²) in [6.45, 7) is 6.27. The van der Waals surface area contributed by atoms with E-state index in [-0.39, 0.29) is 0 Å². The van der Waals surface area contributed by atoms with E-state index in [1.807, 2.05) is 12.4 Å². The Balaban J connectivity index is 1.50. The van der Waals surface area contributed by atoms with Gasteiger partial charge < -0.3 is 14.8 Å². The van der Waals surface area contributed by atoms with Gasteiger partial charge in [-0.2, -0.15) is 0 Å². The highest BCUT2D eigenvalue weighted by Gasteiger charge is 2.19. The molecule has 1 N–H and O–H groups in total. The van der Waals surface area contributed by atoms with Crippen molar-refractivity contribution in [3.63, 3.8) is 0 Å². The van der Waals surface area contributed by atoms with Crippen LogP contribution < -0.4 is 9.80 Å². The molecule has 0 unspecified atom stereocenters. The lowest BCUT2D eigenvalue weighted by atomic mass is 10.1. The molecule has 0 bridgehead atoms. The predicted octanol–water partition coefficient (Wildman–Crippen LogP) is 3.20. The number of hydrogen-bond acceptors (Lipinski definition) is 3. The van der Waals surface area contributed by atoms with Gasteiger partial charge in [-0.15, -0.1) is 0 Å². The number of anilines is 2. The second kappa shape index (κ2) is 5.37. The fraction of sp³-hybridized carbons (Fsp3) is 0.278. The molecule has 112 valence electrons. The van der Waals surface area contributed by atoms with E-state index < -0.39 is 0 Å². The van der Waals surface area contributed by atoms with Crippen LogP contribution in [0.4, 0.5) is 11.5 Å². The van der Waals surface area contributed by atoms with Crippen LogP contribution in [-0.2, 0) is 0 Å². The summed E-state index contributed by atoms with van der Waals surface area (Å²) < 4.78 is 0. The number of rotatable bonds is 2. The van der Waals surface area contributed by atoms with Crippen molar-refractivity contribution in [3.8, 4) is 0 Å². The van der Waals surface area contributed by atoms with E-state index in [0.717, 1.165) is 37.5 Å². The normalized spacial score (nSPS) is 15.5. The Labute approximate surface area is 130 Å². The van der Waals surface area contributed by atoms with Gasteiger partial charge in [-0.25, -0.2) is 4.98 Å². The number of nitrogens with zero attached hydrogens (tertiary/aromatic N) is 3. The molecule has 4 nitrogen and oxygen atoms in total. The maximum atomic E-state index is 4.61. The molecule has 0 amide bonds. The molecule has 4 heteroatoms. The van der Waals surface area contributed by atoms with E-state index in [2.05, 4.69) is 63.1 Å². The van der Waals surface area contributed by atoms with Gasteiger partial charge in [0.25, 0.3) is 0 Å². The highest BCUT2D eigenvalue weighted by molar-refractivity contribution is 5.80. The van der Waals surface area contributed by atoms with E-state index in [1.165, 1.54) is 16.6 Å². The smallest absolute Gasteiger partial charge is 0.130 e. The van der Waals surface area contributed by atoms with E-state index in [9.17, 15) is 0 Å². The molecule has 0 atom stereocenters. The fourth-order valence-electron chi connectivity index (χ4n) is 3.20. The van der Waals surface area contributed by atoms with Crippen molar-refractivity contribution < 1.29 is 0 Å². The minimum absolute atomic E-state index is 1.01. The quantitative estimate of drug-likeness (QED) is 0.788. The maximum Gasteiger partial charge on any atom is 0.130 e. The Morgan fingerprint density at radius 3 is 2.59 bits per heavy atom. The van der Waals surface area contributed by atoms with Crippen LogP contribution in [-0.4, -0.2) is 36.1 Å². The molecule has 1 fully saturated rings. The molecule has 1 aromatic carbocycles. The third-order valence-electron chi connectivity index (χ3n) is 4.48. The molecule has 0 spiro atoms. The van der Waals surface area contributed by atoms with Crippen LogP contribution in [0.2, 0.25) is 0 Å². The van der Waals surface area contributed by atoms with Crippen molar-refractivity contribution >= 4 is 22.4 Å². The second-order valence-corrected chi connectivity index (χ2v) is 5.87. The molecule has 22 heavy (non-hydrogen) atoms. The molecular formula is C18H20N4. The summed E-state index contributed by atoms with van der Waals surface area (Å²) in [7, 11) is 0. The zero-order valence-electron chi connectivity index (χ0n) is 12.8. The topological polar surface area (TPSA) is 35.2 Å². The van der Waals surface area contributed by atoms with Crippen molar-refractivity contribution in [2.45, 2.75) is 6.92 Å². The average molecular weight is 292 g/mol. The van der Waals surface area contributed by atoms with Crippen LogP contribution in [0.5, 0.6) is 0 Å². The summed E-state index contributed by atoms with van der Waals surface area (Å²) in [6, 6.07) is 12.8. The van der Waals surface area contributed by atoms with Gasteiger partial charge in [0.2, 0.25) is 0 Å². The van der Waals surface area contributed by atoms with E-state index in [4.69, 9.17) is 0 Å². The van der Waals surface area contributed by atoms with Gasteiger partial charge in [0.05, 0.1) is 5.52 Å². The summed E-state index contributed by atoms with van der Waals surface area (Å²) in [5, 5.41) is 1.17. The largest absolute Gasteiger partial charge is 0.368 e. The first-order chi connectivity index (χ1) is 10.8. The van der Waals surface area contributed by atoms with Crippen LogP contribution in [0.25, 0.3) is 10.9 Å². The number of aromatic amines is 1. The summed E-state index contributed by atoms with van der Waals surface area (Å²) in [4.78, 5) is 12.7. The van der Waals surface area contributed by atoms with Gasteiger partial charge in [-0.1, -0.05) is 18.2 Å². The Morgan fingerprint density at radius 1 is 1.00 bits per heavy atom. The lowest BCUT2D eigenvalue weighted by Crippen LogP contribution is -2.47. The summed E-state index contributed by atoms with van der Waals surface area (Å²) in [5.41, 5.74) is 3.86. The summed E-state index contributed by atoms with van der Waals surface area (Å²) in [6.07, 6.45) is 3.92. The number of aryl methyl sites for hydroxylation is 1. The van der Waals surface area contributed by atoms with Crippen molar-refractivity contribution in [2.24, 2.45) is 0 Å². The number of fused-ring (bicyclic) bond motifs is 1. The number of para-hydroxylation sites is 1. The van der Waals surface area contributed by atoms with Gasteiger partial charge in [-0.05, 0) is 24.6 Å². The van der Waals surface area contributed by atoms with Crippen LogP contribution in [0.15, 0.2) is 48.8 Å². The lowest BCUT2D eigenvalue weighted by molar-refractivity contribution is 0.647. The molecule has 3 heterocycles. The van der Waals surface area contributed by atoms with E-state index in [1.54, 1.807) is 0 Å². The van der Waals surface area contributed by atoms with E-state index >= 15 is 0 Å². The predicted molar refractivity (Wildman–Crippen MR) is 91.7 cm³/mol. The van der Waals surface area contributed by atoms with Crippen molar-refractivity contribution in [1.29, 1.82) is 0 Å². The number of hydrogen-bond donors (Lipinski definition) is 1. The van der Waals surface area contributed by atoms with Crippen LogP contribution in [0.1, 0.15) is 5.56 Å². The molecule has 0 aliphatic carbocycles. The molecule has 0 radical (unpaired) electrons. The Bertz CT molecular complexity index is 784. The molecular weight excluding hydrogens is 272 g/mol. The number of benzene rings is 1. The van der Waals surface area contributed by atoms with E-state index in [0.29, 0.717) is 0 Å². The van der Waals surface area contributed by atoms with Gasteiger partial charge in [0.15, 0.2) is 0 Å². The molecule has 0 saturated carbocycles. The molecule has 1 saturated heterocycles. The van der Waals surface area contributed by atoms with Gasteiger partial charge in [-0.3, -0.25) is 0 Å². The highest BCUT2D eigenvalue weighted by atomic mass is 15.3. The van der Waals surface area contributed by atoms with Crippen LogP contribution in [0, 0.1) is 6.92 Å². The minimum Gasteiger partial charge on any atom is -0.368 e. The molecule has 2 aromatic heterocycles. The number of pyridine rings is 1. The summed E-state index contributed by atoms with van der Waals surface area (Å²) in [5.74, 6) is 1.07. The zero-order chi connectivity index (χ0) is 14.9. The second-order valence-electron chi connectivity index (χ2n) is 5.87. The van der Waals surface area contributed by atoms with Crippen molar-refractivity contribution in [1.82, 2.24) is 9.97 Å². The number of H-pyrrole nitrogens is 1. The molecule has 1 aliphatic heterocycles. The van der Waals surface area contributed by atoms with Gasteiger partial charge in [0.1, 0.15) is 5.82 Å². The highest BCUT2D eigenvalue weighted by Crippen LogP contribution is 2.23. The Hall–Kier alpha value is -2.49. The third kappa shape index (κ3) is 2.30. The van der Waals surface area contributed by atoms with Crippen LogP contribution >= 0.6 is 0 Å². The summed E-state index contributed by atoms with van der Waals surface area (Å²) >= 11 is 0. The first-order valence-corrected chi connectivity index (χ1v) is 7.80. The minimum atomic E-state index is 1.01. The standard InChI is InChI=1S/C18H20N4/c1-14-4-2-3-5-17(14)21-8-10-22(11-9-21)18-12-16-15(13-20-18)6-7-19-16/h2-7,12-13,19H,8-11H2,1H3. The lowest BCUT2D eigenvalue weighted by Gasteiger charge is -2.37. The van der Waals surface area contributed by atoms with Gasteiger partial charge >= 0.3 is 0 Å². The molecule has 3 aromatic rings. The zero-order valence-corrected chi connectivity index (χ0v) is 12.8. The average Bonchev–Trinajstić information content (AvgIpc) is 3.03. The number of nitrogens with one attached hydrogen (secondary N) is 1. The maximum absolute atomic E-state index is 4.61. The third-order valence-corrected chi connectivity index (χ3v) is 4.48. The number of piperazine rings is 1. The Morgan fingerprint density at radius 2 is 1.77 bits per heavy atom. The van der Waals surface area contributed by atoms with Crippen LogP contribution in [0.3, 0.4) is 0 Å². The first-order valence-electron chi connectivity index (χ1n) is 7.80. The SMILES string of the molecule is Cc1ccccc1N1CCN(c2cc3[nH]ccc3cn2)CC1.